The summed E-state index contributed by atoms with van der Waals surface area (Å²) < 4.78 is 47.3. The van der Waals surface area contributed by atoms with Crippen molar-refractivity contribution in [1.29, 1.82) is 0 Å². The van der Waals surface area contributed by atoms with Crippen molar-refractivity contribution >= 4 is 15.9 Å². The molecule has 8 nitrogen and oxygen atoms in total. The van der Waals surface area contributed by atoms with Crippen molar-refractivity contribution in [1.82, 2.24) is 19.7 Å². The Labute approximate surface area is 217 Å². The predicted octanol–water partition coefficient (Wildman–Crippen LogP) is 3.66. The molecule has 4 heterocycles. The Bertz CT molecular complexity index is 1210. The smallest absolute Gasteiger partial charge is 0.273 e. The average Bonchev–Trinajstić information content (AvgIpc) is 3.52. The number of hydrogen-bond acceptors (Lipinski definition) is 6. The van der Waals surface area contributed by atoms with Crippen LogP contribution in [0.15, 0.2) is 34.9 Å². The summed E-state index contributed by atoms with van der Waals surface area (Å²) in [5.41, 5.74) is 1.39. The second-order valence-corrected chi connectivity index (χ2v) is 13.3. The highest BCUT2D eigenvalue weighted by atomic mass is 32.2. The topological polar surface area (TPSA) is 95.8 Å². The highest BCUT2D eigenvalue weighted by Gasteiger charge is 2.47. The summed E-state index contributed by atoms with van der Waals surface area (Å²) in [5.74, 6) is 1.07. The monoisotopic (exact) mass is 530 g/mol. The van der Waals surface area contributed by atoms with Gasteiger partial charge in [0.1, 0.15) is 11.6 Å². The standard InChI is InChI=1S/C27H35FN4O4S/c28-21-5-1-18(2-6-21)16-31-11-9-19(10-12-31)17-37(34,35)32-23-7-8-24(32)14-22(13-23)29-27(33)25-15-26(36-30-25)20-3-4-20/h1-2,5-6,15,19-20,22-24H,3-4,7-14,16-17H2,(H,29,33)/t22-,23+,24-. The summed E-state index contributed by atoms with van der Waals surface area (Å²) >= 11 is 0. The van der Waals surface area contributed by atoms with E-state index in [1.54, 1.807) is 10.4 Å². The van der Waals surface area contributed by atoms with Gasteiger partial charge >= 0.3 is 0 Å². The van der Waals surface area contributed by atoms with Gasteiger partial charge in [-0.05, 0) is 88.1 Å². The molecule has 1 aromatic heterocycles. The van der Waals surface area contributed by atoms with E-state index in [0.717, 1.165) is 69.5 Å². The molecule has 200 valence electrons. The van der Waals surface area contributed by atoms with E-state index in [1.165, 1.54) is 12.1 Å². The van der Waals surface area contributed by atoms with E-state index in [0.29, 0.717) is 24.5 Å². The number of halogens is 1. The molecule has 3 saturated heterocycles. The third-order valence-corrected chi connectivity index (χ3v) is 10.7. The number of aromatic nitrogens is 1. The number of rotatable bonds is 8. The molecule has 0 unspecified atom stereocenters. The van der Waals surface area contributed by atoms with Crippen molar-refractivity contribution in [2.45, 2.75) is 82.0 Å². The first-order valence-electron chi connectivity index (χ1n) is 13.6. The van der Waals surface area contributed by atoms with Crippen LogP contribution in [0.4, 0.5) is 4.39 Å². The van der Waals surface area contributed by atoms with E-state index in [9.17, 15) is 17.6 Å². The first-order valence-corrected chi connectivity index (χ1v) is 15.2. The van der Waals surface area contributed by atoms with Crippen molar-refractivity contribution in [2.24, 2.45) is 5.92 Å². The zero-order valence-electron chi connectivity index (χ0n) is 21.0. The average molecular weight is 531 g/mol. The van der Waals surface area contributed by atoms with Gasteiger partial charge in [0.05, 0.1) is 5.75 Å². The Morgan fingerprint density at radius 1 is 1.03 bits per heavy atom. The molecule has 1 aromatic carbocycles. The maximum atomic E-state index is 13.5. The van der Waals surface area contributed by atoms with Crippen LogP contribution in [0.25, 0.3) is 0 Å². The van der Waals surface area contributed by atoms with Crippen LogP contribution < -0.4 is 5.32 Å². The molecule has 1 N–H and O–H groups in total. The van der Waals surface area contributed by atoms with E-state index in [-0.39, 0.29) is 41.5 Å². The first kappa shape index (κ1) is 25.0. The number of carbonyl (C=O) groups is 1. The second-order valence-electron chi connectivity index (χ2n) is 11.4. The molecule has 10 heteroatoms. The molecule has 3 atom stereocenters. The van der Waals surface area contributed by atoms with Gasteiger partial charge in [0.2, 0.25) is 10.0 Å². The van der Waals surface area contributed by atoms with Gasteiger partial charge in [-0.15, -0.1) is 0 Å². The van der Waals surface area contributed by atoms with Gasteiger partial charge < -0.3 is 9.84 Å². The van der Waals surface area contributed by atoms with E-state index in [2.05, 4.69) is 15.4 Å². The van der Waals surface area contributed by atoms with Gasteiger partial charge in [-0.2, -0.15) is 4.31 Å². The molecule has 6 rings (SSSR count). The van der Waals surface area contributed by atoms with Crippen molar-refractivity contribution in [3.05, 3.63) is 53.2 Å². The number of piperidine rings is 2. The van der Waals surface area contributed by atoms with Crippen LogP contribution in [-0.4, -0.2) is 65.7 Å². The molecule has 4 fully saturated rings. The zero-order chi connectivity index (χ0) is 25.6. The molecule has 2 aromatic rings. The van der Waals surface area contributed by atoms with Crippen LogP contribution in [0.2, 0.25) is 0 Å². The number of nitrogens with zero attached hydrogens (tertiary/aromatic N) is 3. The lowest BCUT2D eigenvalue weighted by Crippen LogP contribution is -2.53. The molecular formula is C27H35FN4O4S. The van der Waals surface area contributed by atoms with Crippen LogP contribution in [-0.2, 0) is 16.6 Å². The minimum atomic E-state index is -3.37. The highest BCUT2D eigenvalue weighted by Crippen LogP contribution is 2.41. The van der Waals surface area contributed by atoms with Gasteiger partial charge in [-0.25, -0.2) is 12.8 Å². The molecule has 0 radical (unpaired) electrons. The van der Waals surface area contributed by atoms with Gasteiger partial charge in [0.15, 0.2) is 5.69 Å². The predicted molar refractivity (Wildman–Crippen MR) is 136 cm³/mol. The number of carbonyl (C=O) groups excluding carboxylic acids is 1. The Hall–Kier alpha value is -2.30. The van der Waals surface area contributed by atoms with Crippen LogP contribution in [0, 0.1) is 11.7 Å². The Morgan fingerprint density at radius 3 is 2.35 bits per heavy atom. The minimum absolute atomic E-state index is 0.0489. The minimum Gasteiger partial charge on any atom is -0.360 e. The molecule has 37 heavy (non-hydrogen) atoms. The lowest BCUT2D eigenvalue weighted by Gasteiger charge is -2.39. The number of amides is 1. The quantitative estimate of drug-likeness (QED) is 0.560. The Kier molecular flexibility index (Phi) is 6.83. The van der Waals surface area contributed by atoms with Crippen LogP contribution in [0.5, 0.6) is 0 Å². The fourth-order valence-electron chi connectivity index (χ4n) is 6.47. The largest absolute Gasteiger partial charge is 0.360 e. The third-order valence-electron chi connectivity index (χ3n) is 8.54. The summed E-state index contributed by atoms with van der Waals surface area (Å²) in [6.45, 7) is 2.46. The molecule has 3 aliphatic heterocycles. The third kappa shape index (κ3) is 5.61. The number of sulfonamides is 1. The van der Waals surface area contributed by atoms with Gasteiger partial charge in [0.25, 0.3) is 5.91 Å². The summed E-state index contributed by atoms with van der Waals surface area (Å²) in [7, 11) is -3.37. The van der Waals surface area contributed by atoms with Crippen molar-refractivity contribution in [3.8, 4) is 0 Å². The summed E-state index contributed by atoms with van der Waals surface area (Å²) in [5, 5.41) is 7.02. The molecular weight excluding hydrogens is 495 g/mol. The van der Waals surface area contributed by atoms with Crippen molar-refractivity contribution in [2.75, 3.05) is 18.8 Å². The zero-order valence-corrected chi connectivity index (χ0v) is 21.8. The maximum Gasteiger partial charge on any atom is 0.273 e. The lowest BCUT2D eigenvalue weighted by molar-refractivity contribution is 0.0900. The molecule has 2 bridgehead atoms. The number of benzene rings is 1. The fraction of sp³-hybridized carbons (Fsp3) is 0.630. The van der Waals surface area contributed by atoms with Crippen LogP contribution in [0.1, 0.15) is 79.1 Å². The van der Waals surface area contributed by atoms with Gasteiger partial charge in [0, 0.05) is 36.7 Å². The summed E-state index contributed by atoms with van der Waals surface area (Å²) in [6, 6.07) is 8.18. The van der Waals surface area contributed by atoms with E-state index < -0.39 is 10.0 Å². The Balaban J connectivity index is 1.00. The van der Waals surface area contributed by atoms with E-state index in [1.807, 2.05) is 12.1 Å². The van der Waals surface area contributed by atoms with E-state index in [4.69, 9.17) is 4.52 Å². The summed E-state index contributed by atoms with van der Waals surface area (Å²) in [6.07, 6.45) is 6.86. The normalized spacial score (nSPS) is 27.4. The van der Waals surface area contributed by atoms with Crippen LogP contribution >= 0.6 is 0 Å². The number of likely N-dealkylation sites (tertiary alicyclic amines) is 1. The highest BCUT2D eigenvalue weighted by molar-refractivity contribution is 7.89. The molecule has 4 aliphatic rings. The lowest BCUT2D eigenvalue weighted by atomic mass is 9.98. The first-order chi connectivity index (χ1) is 17.8. The Morgan fingerprint density at radius 2 is 1.70 bits per heavy atom. The summed E-state index contributed by atoms with van der Waals surface area (Å²) in [4.78, 5) is 15.0. The van der Waals surface area contributed by atoms with Crippen molar-refractivity contribution in [3.63, 3.8) is 0 Å². The molecule has 1 saturated carbocycles. The molecule has 0 spiro atoms. The van der Waals surface area contributed by atoms with E-state index >= 15 is 0 Å². The van der Waals surface area contributed by atoms with Crippen molar-refractivity contribution < 1.29 is 22.1 Å². The van der Waals surface area contributed by atoms with Gasteiger partial charge in [-0.1, -0.05) is 17.3 Å². The van der Waals surface area contributed by atoms with Crippen LogP contribution in [0.3, 0.4) is 0 Å². The maximum absolute atomic E-state index is 13.5. The number of nitrogens with one attached hydrogen (secondary N) is 1. The molecule has 1 aliphatic carbocycles. The molecule has 1 amide bonds. The number of fused-ring (bicyclic) bond motifs is 2. The fourth-order valence-corrected chi connectivity index (χ4v) is 8.86. The van der Waals surface area contributed by atoms with Gasteiger partial charge in [-0.3, -0.25) is 9.69 Å². The second kappa shape index (κ2) is 10.1. The SMILES string of the molecule is O=C(N[C@H]1C[C@H]2CC[C@@H](C1)N2S(=O)(=O)CC1CCN(Cc2ccc(F)cc2)CC1)c1cc(C2CC2)on1. The number of hydrogen-bond donors (Lipinski definition) is 1.